The summed E-state index contributed by atoms with van der Waals surface area (Å²) >= 11 is 0. The lowest BCUT2D eigenvalue weighted by Gasteiger charge is -2.43. The van der Waals surface area contributed by atoms with Gasteiger partial charge in [-0.25, -0.2) is 0 Å². The summed E-state index contributed by atoms with van der Waals surface area (Å²) in [5.74, 6) is 0. The second kappa shape index (κ2) is 7.56. The Bertz CT molecular complexity index is 461. The van der Waals surface area contributed by atoms with Crippen LogP contribution in [0.15, 0.2) is 30.3 Å². The Balaban J connectivity index is 1.65. The highest BCUT2D eigenvalue weighted by molar-refractivity contribution is 5.36. The van der Waals surface area contributed by atoms with Gasteiger partial charge in [0.05, 0.1) is 24.7 Å². The third-order valence-electron chi connectivity index (χ3n) is 4.09. The van der Waals surface area contributed by atoms with Crippen LogP contribution in [0.3, 0.4) is 0 Å². The van der Waals surface area contributed by atoms with Crippen LogP contribution in [0, 0.1) is 11.3 Å². The Morgan fingerprint density at radius 3 is 2.62 bits per heavy atom. The van der Waals surface area contributed by atoms with Gasteiger partial charge in [-0.3, -0.25) is 0 Å². The van der Waals surface area contributed by atoms with Gasteiger partial charge in [0.1, 0.15) is 0 Å². The topological polar surface area (TPSA) is 48.3 Å². The normalized spacial score (nSPS) is 24.6. The molecule has 0 atom stereocenters. The molecule has 114 valence electrons. The molecule has 1 aliphatic carbocycles. The molecule has 2 rings (SSSR count). The van der Waals surface area contributed by atoms with E-state index in [0.29, 0.717) is 6.04 Å². The minimum atomic E-state index is -0.287. The van der Waals surface area contributed by atoms with E-state index in [1.165, 1.54) is 0 Å². The van der Waals surface area contributed by atoms with E-state index in [0.717, 1.165) is 44.7 Å². The van der Waals surface area contributed by atoms with Gasteiger partial charge in [0.25, 0.3) is 0 Å². The number of benzene rings is 1. The van der Waals surface area contributed by atoms with E-state index in [9.17, 15) is 5.26 Å². The van der Waals surface area contributed by atoms with Crippen molar-refractivity contribution in [1.29, 1.82) is 5.26 Å². The lowest BCUT2D eigenvalue weighted by atomic mass is 9.62. The molecule has 0 saturated heterocycles. The molecule has 1 saturated carbocycles. The van der Waals surface area contributed by atoms with Crippen molar-refractivity contribution in [2.24, 2.45) is 0 Å². The smallest absolute Gasteiger partial charge is 0.0852 e. The average molecular weight is 287 g/mol. The molecule has 1 aromatic carbocycles. The van der Waals surface area contributed by atoms with Crippen LogP contribution in [0.1, 0.15) is 18.4 Å². The van der Waals surface area contributed by atoms with Gasteiger partial charge in [-0.1, -0.05) is 30.3 Å². The molecular formula is C17H25N3O. The second-order valence-electron chi connectivity index (χ2n) is 6.03. The molecule has 0 unspecified atom stereocenters. The maximum absolute atomic E-state index is 9.49. The maximum Gasteiger partial charge on any atom is 0.0852 e. The summed E-state index contributed by atoms with van der Waals surface area (Å²) in [6.07, 6.45) is 1.79. The van der Waals surface area contributed by atoms with Crippen LogP contribution < -0.4 is 5.32 Å². The fraction of sp³-hybridized carbons (Fsp3) is 0.588. The number of nitrogens with one attached hydrogen (secondary N) is 1. The Morgan fingerprint density at radius 1 is 1.29 bits per heavy atom. The highest BCUT2D eigenvalue weighted by Gasteiger charge is 2.45. The van der Waals surface area contributed by atoms with E-state index in [-0.39, 0.29) is 5.41 Å². The predicted molar refractivity (Wildman–Crippen MR) is 84.1 cm³/mol. The summed E-state index contributed by atoms with van der Waals surface area (Å²) in [4.78, 5) is 2.11. The molecule has 21 heavy (non-hydrogen) atoms. The molecule has 1 fully saturated rings. The van der Waals surface area contributed by atoms with Crippen molar-refractivity contribution in [3.63, 3.8) is 0 Å². The Kier molecular flexibility index (Phi) is 5.75. The maximum atomic E-state index is 9.49. The van der Waals surface area contributed by atoms with Gasteiger partial charge in [-0.05, 0) is 32.5 Å². The van der Waals surface area contributed by atoms with Gasteiger partial charge < -0.3 is 15.0 Å². The fourth-order valence-corrected chi connectivity index (χ4v) is 2.76. The van der Waals surface area contributed by atoms with Crippen molar-refractivity contribution in [1.82, 2.24) is 10.2 Å². The number of ether oxygens (including phenoxy) is 1. The van der Waals surface area contributed by atoms with E-state index < -0.39 is 0 Å². The summed E-state index contributed by atoms with van der Waals surface area (Å²) in [7, 11) is 4.09. The van der Waals surface area contributed by atoms with E-state index in [4.69, 9.17) is 4.74 Å². The van der Waals surface area contributed by atoms with Crippen molar-refractivity contribution < 1.29 is 4.74 Å². The highest BCUT2D eigenvalue weighted by Crippen LogP contribution is 2.43. The zero-order valence-electron chi connectivity index (χ0n) is 13.0. The van der Waals surface area contributed by atoms with Gasteiger partial charge in [0.2, 0.25) is 0 Å². The van der Waals surface area contributed by atoms with Crippen molar-refractivity contribution in [3.05, 3.63) is 35.9 Å². The van der Waals surface area contributed by atoms with E-state index in [1.54, 1.807) is 0 Å². The van der Waals surface area contributed by atoms with Crippen molar-refractivity contribution in [2.45, 2.75) is 24.3 Å². The second-order valence-corrected chi connectivity index (χ2v) is 6.03. The Labute approximate surface area is 127 Å². The first-order valence-electron chi connectivity index (χ1n) is 7.59. The largest absolute Gasteiger partial charge is 0.379 e. The quantitative estimate of drug-likeness (QED) is 0.740. The molecule has 0 aromatic heterocycles. The minimum Gasteiger partial charge on any atom is -0.379 e. The first kappa shape index (κ1) is 16.0. The summed E-state index contributed by atoms with van der Waals surface area (Å²) in [6.45, 7) is 3.31. The summed E-state index contributed by atoms with van der Waals surface area (Å²) in [6, 6.07) is 13.1. The Hall–Kier alpha value is -1.41. The number of likely N-dealkylation sites (N-methyl/N-ethyl adjacent to an activating group) is 1. The number of nitrogens with zero attached hydrogens (tertiary/aromatic N) is 2. The average Bonchev–Trinajstić information content (AvgIpc) is 2.45. The molecule has 1 aliphatic rings. The lowest BCUT2D eigenvalue weighted by molar-refractivity contribution is 0.111. The van der Waals surface area contributed by atoms with Crippen LogP contribution in [-0.2, 0) is 10.2 Å². The van der Waals surface area contributed by atoms with Crippen molar-refractivity contribution in [2.75, 3.05) is 40.4 Å². The van der Waals surface area contributed by atoms with E-state index >= 15 is 0 Å². The highest BCUT2D eigenvalue weighted by atomic mass is 16.5. The molecule has 4 nitrogen and oxygen atoms in total. The molecule has 0 radical (unpaired) electrons. The molecule has 0 amide bonds. The van der Waals surface area contributed by atoms with E-state index in [1.807, 2.05) is 32.3 Å². The molecule has 0 spiro atoms. The zero-order valence-corrected chi connectivity index (χ0v) is 13.0. The minimum absolute atomic E-state index is 0.287. The first-order chi connectivity index (χ1) is 10.2. The number of rotatable bonds is 8. The van der Waals surface area contributed by atoms with Crippen LogP contribution in [-0.4, -0.2) is 51.3 Å². The van der Waals surface area contributed by atoms with Gasteiger partial charge in [-0.15, -0.1) is 0 Å². The molecule has 4 heteroatoms. The van der Waals surface area contributed by atoms with E-state index in [2.05, 4.69) is 28.4 Å². The zero-order chi connectivity index (χ0) is 15.1. The molecule has 0 aliphatic heterocycles. The molecular weight excluding hydrogens is 262 g/mol. The van der Waals surface area contributed by atoms with Crippen LogP contribution in [0.25, 0.3) is 0 Å². The molecule has 1 aromatic rings. The number of hydrogen-bond acceptors (Lipinski definition) is 4. The third kappa shape index (κ3) is 4.28. The number of nitriles is 1. The summed E-state index contributed by atoms with van der Waals surface area (Å²) in [5, 5.41) is 13.0. The SMILES string of the molecule is CN(C)CCOCCNC1CC(C#N)(c2ccccc2)C1. The van der Waals surface area contributed by atoms with Crippen molar-refractivity contribution >= 4 is 0 Å². The summed E-state index contributed by atoms with van der Waals surface area (Å²) in [5.41, 5.74) is 0.859. The van der Waals surface area contributed by atoms with Gasteiger partial charge in [0.15, 0.2) is 0 Å². The van der Waals surface area contributed by atoms with Gasteiger partial charge in [0, 0.05) is 19.1 Å². The number of hydrogen-bond donors (Lipinski definition) is 1. The molecule has 0 bridgehead atoms. The monoisotopic (exact) mass is 287 g/mol. The fourth-order valence-electron chi connectivity index (χ4n) is 2.76. The molecule has 1 N–H and O–H groups in total. The van der Waals surface area contributed by atoms with Crippen LogP contribution in [0.4, 0.5) is 0 Å². The Morgan fingerprint density at radius 2 is 2.00 bits per heavy atom. The lowest BCUT2D eigenvalue weighted by Crippen LogP contribution is -2.51. The third-order valence-corrected chi connectivity index (χ3v) is 4.09. The standard InChI is InChI=1S/C17H25N3O/c1-20(2)9-11-21-10-8-19-16-12-17(13-16,14-18)15-6-4-3-5-7-15/h3-7,16,19H,8-13H2,1-2H3. The first-order valence-corrected chi connectivity index (χ1v) is 7.59. The van der Waals surface area contributed by atoms with Gasteiger partial charge in [-0.2, -0.15) is 5.26 Å². The summed E-state index contributed by atoms with van der Waals surface area (Å²) < 4.78 is 5.56. The van der Waals surface area contributed by atoms with Gasteiger partial charge >= 0.3 is 0 Å². The van der Waals surface area contributed by atoms with Crippen LogP contribution >= 0.6 is 0 Å². The van der Waals surface area contributed by atoms with Crippen LogP contribution in [0.5, 0.6) is 0 Å². The van der Waals surface area contributed by atoms with Crippen molar-refractivity contribution in [3.8, 4) is 6.07 Å². The predicted octanol–water partition coefficient (Wildman–Crippen LogP) is 1.78. The molecule has 0 heterocycles. The van der Waals surface area contributed by atoms with Crippen LogP contribution in [0.2, 0.25) is 0 Å².